The standard InChI is InChI=1S/C12H20N4O/c1-8(2)10(3-5-13)16-9-4-6-15-11(7-9)12(14)17/h4,6-8,10H,3,5,13H2,1-2H3,(H2,14,17)(H,15,16). The molecule has 0 fully saturated rings. The van der Waals surface area contributed by atoms with Gasteiger partial charge in [-0.25, -0.2) is 0 Å². The number of hydrogen-bond acceptors (Lipinski definition) is 4. The second kappa shape index (κ2) is 6.20. The Hall–Kier alpha value is -1.62. The molecule has 17 heavy (non-hydrogen) atoms. The van der Waals surface area contributed by atoms with Crippen LogP contribution in [0.15, 0.2) is 18.3 Å². The van der Waals surface area contributed by atoms with Gasteiger partial charge in [-0.1, -0.05) is 13.8 Å². The Morgan fingerprint density at radius 3 is 2.76 bits per heavy atom. The van der Waals surface area contributed by atoms with E-state index in [1.807, 2.05) is 6.07 Å². The predicted octanol–water partition coefficient (Wildman–Crippen LogP) is 0.966. The van der Waals surface area contributed by atoms with Gasteiger partial charge in [-0.3, -0.25) is 9.78 Å². The lowest BCUT2D eigenvalue weighted by molar-refractivity contribution is 0.0995. The summed E-state index contributed by atoms with van der Waals surface area (Å²) < 4.78 is 0. The Balaban J connectivity index is 2.78. The smallest absolute Gasteiger partial charge is 0.267 e. The molecule has 0 saturated heterocycles. The van der Waals surface area contributed by atoms with E-state index in [0.717, 1.165) is 12.1 Å². The highest BCUT2D eigenvalue weighted by Crippen LogP contribution is 2.15. The van der Waals surface area contributed by atoms with Gasteiger partial charge >= 0.3 is 0 Å². The van der Waals surface area contributed by atoms with E-state index in [2.05, 4.69) is 24.1 Å². The summed E-state index contributed by atoms with van der Waals surface area (Å²) in [5, 5.41) is 3.35. The maximum Gasteiger partial charge on any atom is 0.267 e. The summed E-state index contributed by atoms with van der Waals surface area (Å²) in [5.74, 6) is -0.0580. The molecule has 5 heteroatoms. The van der Waals surface area contributed by atoms with E-state index in [9.17, 15) is 4.79 Å². The van der Waals surface area contributed by atoms with Crippen LogP contribution in [0.2, 0.25) is 0 Å². The molecule has 1 amide bonds. The molecule has 0 aromatic carbocycles. The number of nitrogens with one attached hydrogen (secondary N) is 1. The zero-order valence-corrected chi connectivity index (χ0v) is 10.3. The molecule has 5 N–H and O–H groups in total. The fraction of sp³-hybridized carbons (Fsp3) is 0.500. The largest absolute Gasteiger partial charge is 0.382 e. The number of nitrogens with two attached hydrogens (primary N) is 2. The number of amides is 1. The van der Waals surface area contributed by atoms with E-state index in [1.54, 1.807) is 12.3 Å². The molecule has 0 saturated carbocycles. The lowest BCUT2D eigenvalue weighted by atomic mass is 10.0. The van der Waals surface area contributed by atoms with Gasteiger partial charge in [0.2, 0.25) is 0 Å². The van der Waals surface area contributed by atoms with Crippen molar-refractivity contribution in [3.8, 4) is 0 Å². The van der Waals surface area contributed by atoms with E-state index in [-0.39, 0.29) is 11.7 Å². The highest BCUT2D eigenvalue weighted by molar-refractivity contribution is 5.91. The van der Waals surface area contributed by atoms with Gasteiger partial charge < -0.3 is 16.8 Å². The lowest BCUT2D eigenvalue weighted by Gasteiger charge is -2.23. The van der Waals surface area contributed by atoms with Crippen molar-refractivity contribution in [1.29, 1.82) is 0 Å². The van der Waals surface area contributed by atoms with Crippen LogP contribution in [0.25, 0.3) is 0 Å². The first-order valence-corrected chi connectivity index (χ1v) is 5.77. The van der Waals surface area contributed by atoms with Crippen molar-refractivity contribution < 1.29 is 4.79 Å². The first kappa shape index (κ1) is 13.4. The Labute approximate surface area is 102 Å². The van der Waals surface area contributed by atoms with Crippen molar-refractivity contribution in [3.05, 3.63) is 24.0 Å². The van der Waals surface area contributed by atoms with Gasteiger partial charge in [0.1, 0.15) is 5.69 Å². The number of anilines is 1. The molecule has 1 atom stereocenters. The van der Waals surface area contributed by atoms with Crippen LogP contribution in [0.1, 0.15) is 30.8 Å². The van der Waals surface area contributed by atoms with Crippen molar-refractivity contribution in [2.75, 3.05) is 11.9 Å². The molecule has 0 aliphatic heterocycles. The summed E-state index contributed by atoms with van der Waals surface area (Å²) in [6.45, 7) is 4.89. The van der Waals surface area contributed by atoms with Crippen LogP contribution in [0, 0.1) is 5.92 Å². The molecule has 1 aromatic rings. The number of nitrogens with zero attached hydrogens (tertiary/aromatic N) is 1. The minimum absolute atomic E-state index is 0.269. The molecule has 0 aliphatic carbocycles. The number of hydrogen-bond donors (Lipinski definition) is 3. The van der Waals surface area contributed by atoms with Crippen molar-refractivity contribution in [3.63, 3.8) is 0 Å². The van der Waals surface area contributed by atoms with Crippen molar-refractivity contribution in [2.45, 2.75) is 26.3 Å². The van der Waals surface area contributed by atoms with Gasteiger partial charge in [-0.2, -0.15) is 0 Å². The number of aromatic nitrogens is 1. The molecule has 1 rings (SSSR count). The third-order valence-electron chi connectivity index (χ3n) is 2.65. The average Bonchev–Trinajstić information content (AvgIpc) is 2.28. The number of carbonyl (C=O) groups is 1. The summed E-state index contributed by atoms with van der Waals surface area (Å²) >= 11 is 0. The monoisotopic (exact) mass is 236 g/mol. The van der Waals surface area contributed by atoms with Crippen LogP contribution in [-0.4, -0.2) is 23.5 Å². The molecule has 1 aromatic heterocycles. The van der Waals surface area contributed by atoms with Gasteiger partial charge in [0.15, 0.2) is 0 Å². The minimum atomic E-state index is -0.520. The van der Waals surface area contributed by atoms with E-state index in [0.29, 0.717) is 12.5 Å². The SMILES string of the molecule is CC(C)C(CCN)Nc1ccnc(C(N)=O)c1. The summed E-state index contributed by atoms with van der Waals surface area (Å²) in [6.07, 6.45) is 2.45. The van der Waals surface area contributed by atoms with E-state index >= 15 is 0 Å². The number of primary amides is 1. The molecule has 5 nitrogen and oxygen atoms in total. The molecule has 0 spiro atoms. The summed E-state index contributed by atoms with van der Waals surface area (Å²) in [5.41, 5.74) is 11.9. The molecular formula is C12H20N4O. The van der Waals surface area contributed by atoms with E-state index < -0.39 is 5.91 Å². The van der Waals surface area contributed by atoms with Crippen molar-refractivity contribution in [2.24, 2.45) is 17.4 Å². The van der Waals surface area contributed by atoms with Crippen molar-refractivity contribution in [1.82, 2.24) is 4.98 Å². The van der Waals surface area contributed by atoms with Gasteiger partial charge in [-0.05, 0) is 31.0 Å². The zero-order chi connectivity index (χ0) is 12.8. The molecule has 0 bridgehead atoms. The normalized spacial score (nSPS) is 12.5. The zero-order valence-electron chi connectivity index (χ0n) is 10.3. The molecule has 94 valence electrons. The van der Waals surface area contributed by atoms with Gasteiger partial charge in [0.05, 0.1) is 0 Å². The first-order chi connectivity index (χ1) is 8.04. The number of pyridine rings is 1. The number of carbonyl (C=O) groups excluding carboxylic acids is 1. The van der Waals surface area contributed by atoms with Gasteiger partial charge in [-0.15, -0.1) is 0 Å². The quantitative estimate of drug-likeness (QED) is 0.686. The second-order valence-electron chi connectivity index (χ2n) is 4.37. The van der Waals surface area contributed by atoms with Gasteiger partial charge in [0, 0.05) is 17.9 Å². The van der Waals surface area contributed by atoms with Crippen LogP contribution in [0.4, 0.5) is 5.69 Å². The van der Waals surface area contributed by atoms with Crippen LogP contribution < -0.4 is 16.8 Å². The minimum Gasteiger partial charge on any atom is -0.382 e. The van der Waals surface area contributed by atoms with Crippen LogP contribution in [0.3, 0.4) is 0 Å². The van der Waals surface area contributed by atoms with Crippen molar-refractivity contribution >= 4 is 11.6 Å². The fourth-order valence-corrected chi connectivity index (χ4v) is 1.62. The predicted molar refractivity (Wildman–Crippen MR) is 68.7 cm³/mol. The Bertz CT molecular complexity index is 379. The molecular weight excluding hydrogens is 216 g/mol. The third kappa shape index (κ3) is 4.03. The maximum absolute atomic E-state index is 11.0. The van der Waals surface area contributed by atoms with Crippen LogP contribution in [-0.2, 0) is 0 Å². The summed E-state index contributed by atoms with van der Waals surface area (Å²) in [7, 11) is 0. The highest BCUT2D eigenvalue weighted by atomic mass is 16.1. The van der Waals surface area contributed by atoms with Gasteiger partial charge in [0.25, 0.3) is 5.91 Å². The fourth-order valence-electron chi connectivity index (χ4n) is 1.62. The Morgan fingerprint density at radius 1 is 1.53 bits per heavy atom. The van der Waals surface area contributed by atoms with Crippen LogP contribution >= 0.6 is 0 Å². The third-order valence-corrected chi connectivity index (χ3v) is 2.65. The summed E-state index contributed by atoms with van der Waals surface area (Å²) in [6, 6.07) is 3.76. The molecule has 1 heterocycles. The van der Waals surface area contributed by atoms with E-state index in [4.69, 9.17) is 11.5 Å². The molecule has 1 unspecified atom stereocenters. The lowest BCUT2D eigenvalue weighted by Crippen LogP contribution is -2.28. The summed E-state index contributed by atoms with van der Waals surface area (Å²) in [4.78, 5) is 14.9. The highest BCUT2D eigenvalue weighted by Gasteiger charge is 2.12. The maximum atomic E-state index is 11.0. The first-order valence-electron chi connectivity index (χ1n) is 5.77. The van der Waals surface area contributed by atoms with E-state index in [1.165, 1.54) is 0 Å². The van der Waals surface area contributed by atoms with Crippen LogP contribution in [0.5, 0.6) is 0 Å². The average molecular weight is 236 g/mol. The Kier molecular flexibility index (Phi) is 4.90. The second-order valence-corrected chi connectivity index (χ2v) is 4.37. The Morgan fingerprint density at radius 2 is 2.24 bits per heavy atom. The molecule has 0 radical (unpaired) electrons. The number of rotatable bonds is 6. The topological polar surface area (TPSA) is 94.0 Å². The molecule has 0 aliphatic rings.